The number of hydrogen-bond donors (Lipinski definition) is 2. The molecule has 0 radical (unpaired) electrons. The monoisotopic (exact) mass is 277 g/mol. The number of nitrogens with zero attached hydrogens (tertiary/aromatic N) is 2. The summed E-state index contributed by atoms with van der Waals surface area (Å²) in [4.78, 5) is 4.94. The second-order valence-corrected chi connectivity index (χ2v) is 4.19. The highest BCUT2D eigenvalue weighted by molar-refractivity contribution is 5.67. The van der Waals surface area contributed by atoms with Crippen molar-refractivity contribution in [3.05, 3.63) is 18.0 Å². The maximum Gasteiger partial charge on any atom is 0.433 e. The minimum Gasteiger partial charge on any atom is -0.396 e. The van der Waals surface area contributed by atoms with Crippen LogP contribution in [0.3, 0.4) is 0 Å². The third-order valence-electron chi connectivity index (χ3n) is 2.69. The van der Waals surface area contributed by atoms with Gasteiger partial charge < -0.3 is 15.7 Å². The Morgan fingerprint density at radius 3 is 2.58 bits per heavy atom. The highest BCUT2D eigenvalue weighted by Crippen LogP contribution is 2.32. The molecule has 0 atom stereocenters. The number of aliphatic hydroxyl groups excluding tert-OH is 1. The minimum absolute atomic E-state index is 0.146. The van der Waals surface area contributed by atoms with E-state index in [1.807, 2.05) is 6.92 Å². The van der Waals surface area contributed by atoms with Crippen molar-refractivity contribution in [3.8, 4) is 0 Å². The fourth-order valence-electron chi connectivity index (χ4n) is 1.71. The van der Waals surface area contributed by atoms with Crippen LogP contribution in [0.1, 0.15) is 25.5 Å². The van der Waals surface area contributed by atoms with Gasteiger partial charge in [-0.15, -0.1) is 0 Å². The number of alkyl halides is 3. The van der Waals surface area contributed by atoms with E-state index in [1.165, 1.54) is 0 Å². The van der Waals surface area contributed by atoms with Crippen LogP contribution < -0.4 is 10.6 Å². The summed E-state index contributed by atoms with van der Waals surface area (Å²) < 4.78 is 37.9. The number of rotatable bonds is 6. The highest BCUT2D eigenvalue weighted by atomic mass is 19.4. The summed E-state index contributed by atoms with van der Waals surface area (Å²) in [5, 5.41) is 9.00. The molecule has 0 aliphatic heterocycles. The molecule has 1 heterocycles. The molecule has 0 amide bonds. The van der Waals surface area contributed by atoms with Crippen LogP contribution in [0.15, 0.2) is 12.3 Å². The molecule has 3 N–H and O–H groups in total. The Kier molecular flexibility index (Phi) is 5.41. The molecular weight excluding hydrogens is 259 g/mol. The van der Waals surface area contributed by atoms with Crippen molar-refractivity contribution in [2.45, 2.75) is 25.9 Å². The molecule has 7 heteroatoms. The highest BCUT2D eigenvalue weighted by Gasteiger charge is 2.33. The van der Waals surface area contributed by atoms with E-state index in [-0.39, 0.29) is 24.5 Å². The number of nitrogen functional groups attached to an aromatic ring is 1. The lowest BCUT2D eigenvalue weighted by Crippen LogP contribution is -2.29. The van der Waals surface area contributed by atoms with Crippen LogP contribution in [-0.4, -0.2) is 29.8 Å². The van der Waals surface area contributed by atoms with E-state index in [4.69, 9.17) is 10.8 Å². The predicted octanol–water partition coefficient (Wildman–Crippen LogP) is 2.28. The zero-order chi connectivity index (χ0) is 14.5. The van der Waals surface area contributed by atoms with E-state index in [0.717, 1.165) is 25.1 Å². The zero-order valence-corrected chi connectivity index (χ0v) is 10.7. The van der Waals surface area contributed by atoms with Gasteiger partial charge in [-0.2, -0.15) is 13.2 Å². The van der Waals surface area contributed by atoms with Gasteiger partial charge in [0.2, 0.25) is 0 Å². The van der Waals surface area contributed by atoms with E-state index in [2.05, 4.69) is 4.98 Å². The molecule has 0 spiro atoms. The van der Waals surface area contributed by atoms with Crippen molar-refractivity contribution in [2.75, 3.05) is 30.3 Å². The Balaban J connectivity index is 3.06. The SMILES string of the molecule is CCCCN(CCO)c1cc(C(F)(F)F)ncc1N. The number of pyridine rings is 1. The summed E-state index contributed by atoms with van der Waals surface area (Å²) in [6.07, 6.45) is -1.78. The summed E-state index contributed by atoms with van der Waals surface area (Å²) >= 11 is 0. The third kappa shape index (κ3) is 4.27. The molecule has 0 saturated heterocycles. The molecule has 0 aliphatic rings. The van der Waals surface area contributed by atoms with Gasteiger partial charge in [0.15, 0.2) is 0 Å². The van der Waals surface area contributed by atoms with Crippen LogP contribution in [0, 0.1) is 0 Å². The first-order valence-electron chi connectivity index (χ1n) is 6.08. The fourth-order valence-corrected chi connectivity index (χ4v) is 1.71. The van der Waals surface area contributed by atoms with Crippen LogP contribution in [0.4, 0.5) is 24.5 Å². The van der Waals surface area contributed by atoms with E-state index in [1.54, 1.807) is 4.90 Å². The lowest BCUT2D eigenvalue weighted by Gasteiger charge is -2.25. The molecule has 1 aromatic rings. The standard InChI is InChI=1S/C12H18F3N3O/c1-2-3-4-18(5-6-19)10-7-11(12(13,14)15)17-8-9(10)16/h7-8,19H,2-6,16H2,1H3. The van der Waals surface area contributed by atoms with E-state index < -0.39 is 11.9 Å². The summed E-state index contributed by atoms with van der Waals surface area (Å²) in [7, 11) is 0. The first-order valence-corrected chi connectivity index (χ1v) is 6.08. The van der Waals surface area contributed by atoms with E-state index in [9.17, 15) is 13.2 Å². The van der Waals surface area contributed by atoms with E-state index in [0.29, 0.717) is 6.54 Å². The molecule has 1 aromatic heterocycles. The quantitative estimate of drug-likeness (QED) is 0.837. The Bertz CT molecular complexity index is 410. The van der Waals surface area contributed by atoms with Crippen LogP contribution in [0.25, 0.3) is 0 Å². The number of aliphatic hydroxyl groups is 1. The van der Waals surface area contributed by atoms with Crippen molar-refractivity contribution in [3.63, 3.8) is 0 Å². The molecular formula is C12H18F3N3O. The second-order valence-electron chi connectivity index (χ2n) is 4.19. The fraction of sp³-hybridized carbons (Fsp3) is 0.583. The maximum atomic E-state index is 12.6. The lowest BCUT2D eigenvalue weighted by molar-refractivity contribution is -0.141. The van der Waals surface area contributed by atoms with Gasteiger partial charge in [-0.1, -0.05) is 13.3 Å². The minimum atomic E-state index is -4.50. The molecule has 0 fully saturated rings. The Labute approximate surface area is 110 Å². The smallest absolute Gasteiger partial charge is 0.396 e. The molecule has 0 aromatic carbocycles. The van der Waals surface area contributed by atoms with Gasteiger partial charge >= 0.3 is 6.18 Å². The van der Waals surface area contributed by atoms with Crippen molar-refractivity contribution in [1.82, 2.24) is 4.98 Å². The van der Waals surface area contributed by atoms with Gasteiger partial charge in [-0.05, 0) is 12.5 Å². The molecule has 0 saturated carbocycles. The molecule has 1 rings (SSSR count). The van der Waals surface area contributed by atoms with Gasteiger partial charge in [-0.3, -0.25) is 0 Å². The summed E-state index contributed by atoms with van der Waals surface area (Å²) in [6, 6.07) is 0.931. The summed E-state index contributed by atoms with van der Waals surface area (Å²) in [5.74, 6) is 0. The van der Waals surface area contributed by atoms with Gasteiger partial charge in [0.05, 0.1) is 24.2 Å². The van der Waals surface area contributed by atoms with Gasteiger partial charge in [0, 0.05) is 13.1 Å². The average Bonchev–Trinajstić information content (AvgIpc) is 2.34. The van der Waals surface area contributed by atoms with Crippen molar-refractivity contribution in [1.29, 1.82) is 0 Å². The molecule has 19 heavy (non-hydrogen) atoms. The Hall–Kier alpha value is -1.50. The normalized spacial score (nSPS) is 11.6. The molecule has 4 nitrogen and oxygen atoms in total. The first-order chi connectivity index (χ1) is 8.90. The van der Waals surface area contributed by atoms with Gasteiger partial charge in [0.1, 0.15) is 5.69 Å². The second kappa shape index (κ2) is 6.60. The van der Waals surface area contributed by atoms with Crippen LogP contribution in [-0.2, 0) is 6.18 Å². The van der Waals surface area contributed by atoms with Crippen LogP contribution in [0.5, 0.6) is 0 Å². The number of halogens is 3. The lowest BCUT2D eigenvalue weighted by atomic mass is 10.2. The molecule has 0 aliphatic carbocycles. The predicted molar refractivity (Wildman–Crippen MR) is 67.9 cm³/mol. The molecule has 0 unspecified atom stereocenters. The summed E-state index contributed by atoms with van der Waals surface area (Å²) in [5.41, 5.74) is 5.15. The van der Waals surface area contributed by atoms with Crippen LogP contribution in [0.2, 0.25) is 0 Å². The largest absolute Gasteiger partial charge is 0.433 e. The van der Waals surface area contributed by atoms with Crippen molar-refractivity contribution >= 4 is 11.4 Å². The van der Waals surface area contributed by atoms with Crippen molar-refractivity contribution < 1.29 is 18.3 Å². The van der Waals surface area contributed by atoms with Gasteiger partial charge in [-0.25, -0.2) is 4.98 Å². The zero-order valence-electron chi connectivity index (χ0n) is 10.7. The number of hydrogen-bond acceptors (Lipinski definition) is 4. The third-order valence-corrected chi connectivity index (χ3v) is 2.69. The van der Waals surface area contributed by atoms with E-state index >= 15 is 0 Å². The van der Waals surface area contributed by atoms with Crippen LogP contribution >= 0.6 is 0 Å². The number of unbranched alkanes of at least 4 members (excludes halogenated alkanes) is 1. The topological polar surface area (TPSA) is 62.4 Å². The Morgan fingerprint density at radius 1 is 1.37 bits per heavy atom. The maximum absolute atomic E-state index is 12.6. The van der Waals surface area contributed by atoms with Crippen molar-refractivity contribution in [2.24, 2.45) is 0 Å². The number of aromatic nitrogens is 1. The number of nitrogens with two attached hydrogens (primary N) is 1. The molecule has 0 bridgehead atoms. The number of anilines is 2. The Morgan fingerprint density at radius 2 is 2.05 bits per heavy atom. The molecule has 108 valence electrons. The average molecular weight is 277 g/mol. The first kappa shape index (κ1) is 15.6. The summed E-state index contributed by atoms with van der Waals surface area (Å²) in [6.45, 7) is 2.62. The van der Waals surface area contributed by atoms with Gasteiger partial charge in [0.25, 0.3) is 0 Å².